The second kappa shape index (κ2) is 21.6. The van der Waals surface area contributed by atoms with Gasteiger partial charge in [-0.1, -0.05) is 96.8 Å². The van der Waals surface area contributed by atoms with Crippen molar-refractivity contribution in [2.75, 3.05) is 12.3 Å². The summed E-state index contributed by atoms with van der Waals surface area (Å²) < 4.78 is 0. The lowest BCUT2D eigenvalue weighted by Gasteiger charge is -2.09. The molecular formula is C27H47N3O3S. The predicted molar refractivity (Wildman–Crippen MR) is 143 cm³/mol. The second-order valence-electron chi connectivity index (χ2n) is 8.97. The summed E-state index contributed by atoms with van der Waals surface area (Å²) >= 11 is 1.58. The van der Waals surface area contributed by atoms with Crippen LogP contribution in [0.3, 0.4) is 0 Å². The Hall–Kier alpha value is -1.89. The first-order valence-electron chi connectivity index (χ1n) is 13.4. The monoisotopic (exact) mass is 493 g/mol. The van der Waals surface area contributed by atoms with Gasteiger partial charge in [0, 0.05) is 23.6 Å². The van der Waals surface area contributed by atoms with Gasteiger partial charge in [-0.25, -0.2) is 10.2 Å². The van der Waals surface area contributed by atoms with Crippen LogP contribution < -0.4 is 16.2 Å². The first-order chi connectivity index (χ1) is 16.6. The van der Waals surface area contributed by atoms with Crippen molar-refractivity contribution in [3.05, 3.63) is 24.3 Å². The molecule has 1 aromatic carbocycles. The molecular weight excluding hydrogens is 446 g/mol. The maximum atomic E-state index is 11.8. The van der Waals surface area contributed by atoms with Gasteiger partial charge in [-0.05, 0) is 30.7 Å². The number of carbonyl (C=O) groups excluding carboxylic acids is 2. The molecule has 1 rings (SSSR count). The van der Waals surface area contributed by atoms with Crippen molar-refractivity contribution in [2.24, 2.45) is 0 Å². The van der Waals surface area contributed by atoms with E-state index in [2.05, 4.69) is 23.1 Å². The van der Waals surface area contributed by atoms with Crippen molar-refractivity contribution < 1.29 is 14.7 Å². The Morgan fingerprint density at radius 1 is 0.735 bits per heavy atom. The quantitative estimate of drug-likeness (QED) is 0.0887. The first kappa shape index (κ1) is 30.1. The Morgan fingerprint density at radius 2 is 1.24 bits per heavy atom. The van der Waals surface area contributed by atoms with E-state index in [0.29, 0.717) is 18.7 Å². The van der Waals surface area contributed by atoms with Crippen LogP contribution in [0.5, 0.6) is 5.75 Å². The van der Waals surface area contributed by atoms with Gasteiger partial charge in [-0.3, -0.25) is 10.2 Å². The van der Waals surface area contributed by atoms with E-state index in [4.69, 9.17) is 0 Å². The molecule has 0 radical (unpaired) electrons. The average molecular weight is 494 g/mol. The van der Waals surface area contributed by atoms with Crippen LogP contribution in [0.4, 0.5) is 4.79 Å². The number of urea groups is 1. The van der Waals surface area contributed by atoms with Gasteiger partial charge >= 0.3 is 6.03 Å². The third kappa shape index (κ3) is 18.5. The average Bonchev–Trinajstić information content (AvgIpc) is 2.84. The lowest BCUT2D eigenvalue weighted by Crippen LogP contribution is -2.47. The van der Waals surface area contributed by atoms with Gasteiger partial charge in [0.25, 0.3) is 0 Å². The minimum absolute atomic E-state index is 0.150. The smallest absolute Gasteiger partial charge is 0.333 e. The Balaban J connectivity index is 1.82. The summed E-state index contributed by atoms with van der Waals surface area (Å²) in [6.07, 6.45) is 19.9. The molecule has 7 heteroatoms. The molecule has 3 amide bonds. The van der Waals surface area contributed by atoms with Crippen molar-refractivity contribution in [3.63, 3.8) is 0 Å². The number of benzene rings is 1. The highest BCUT2D eigenvalue weighted by molar-refractivity contribution is 7.99. The molecule has 0 saturated carbocycles. The number of phenols is 1. The third-order valence-electron chi connectivity index (χ3n) is 5.82. The summed E-state index contributed by atoms with van der Waals surface area (Å²) in [5.41, 5.74) is 4.86. The van der Waals surface area contributed by atoms with Crippen LogP contribution in [0.1, 0.15) is 110 Å². The summed E-state index contributed by atoms with van der Waals surface area (Å²) in [5, 5.41) is 12.0. The zero-order chi connectivity index (χ0) is 24.7. The zero-order valence-corrected chi connectivity index (χ0v) is 22.0. The highest BCUT2D eigenvalue weighted by Gasteiger charge is 2.04. The molecule has 0 aliphatic carbocycles. The number of phenolic OH excluding ortho intramolecular Hbond substituents is 1. The largest absolute Gasteiger partial charge is 0.508 e. The van der Waals surface area contributed by atoms with Crippen LogP contribution in [0.15, 0.2) is 29.2 Å². The summed E-state index contributed by atoms with van der Waals surface area (Å²) in [7, 11) is 0. The van der Waals surface area contributed by atoms with Crippen LogP contribution in [0.25, 0.3) is 0 Å². The van der Waals surface area contributed by atoms with E-state index in [1.54, 1.807) is 23.9 Å². The number of rotatable bonds is 20. The molecule has 0 saturated heterocycles. The summed E-state index contributed by atoms with van der Waals surface area (Å²) in [5.74, 6) is 0.788. The molecule has 0 spiro atoms. The van der Waals surface area contributed by atoms with Gasteiger partial charge in [0.05, 0.1) is 0 Å². The Kier molecular flexibility index (Phi) is 19.2. The predicted octanol–water partition coefficient (Wildman–Crippen LogP) is 7.08. The Bertz CT molecular complexity index is 641. The number of unbranched alkanes of at least 4 members (excludes halogenated alkanes) is 14. The number of carbonyl (C=O) groups is 2. The maximum Gasteiger partial charge on any atom is 0.333 e. The molecule has 0 bridgehead atoms. The number of hydrazine groups is 1. The molecule has 0 fully saturated rings. The fraction of sp³-hybridized carbons (Fsp3) is 0.704. The first-order valence-corrected chi connectivity index (χ1v) is 14.3. The van der Waals surface area contributed by atoms with Gasteiger partial charge in [0.15, 0.2) is 0 Å². The number of hydrogen-bond donors (Lipinski definition) is 4. The molecule has 0 atom stereocenters. The highest BCUT2D eigenvalue weighted by Crippen LogP contribution is 2.20. The second-order valence-corrected chi connectivity index (χ2v) is 10.1. The molecule has 34 heavy (non-hydrogen) atoms. The lowest BCUT2D eigenvalue weighted by atomic mass is 10.0. The summed E-state index contributed by atoms with van der Waals surface area (Å²) in [6, 6.07) is 6.53. The fourth-order valence-corrected chi connectivity index (χ4v) is 4.53. The lowest BCUT2D eigenvalue weighted by molar-refractivity contribution is -0.121. The standard InChI is InChI=1S/C27H47N3O3S/c1-2-3-4-5-6-7-8-9-10-11-12-13-14-15-16-17-26(32)29-30-27(33)28-22-23-34-25-20-18-24(31)19-21-25/h18-21,31H,2-17,22-23H2,1H3,(H,29,32)(H2,28,30,33). The Labute approximate surface area is 211 Å². The zero-order valence-electron chi connectivity index (χ0n) is 21.2. The number of amides is 3. The number of thioether (sulfide) groups is 1. The molecule has 4 N–H and O–H groups in total. The van der Waals surface area contributed by atoms with E-state index in [1.165, 1.54) is 83.5 Å². The molecule has 0 unspecified atom stereocenters. The van der Waals surface area contributed by atoms with Crippen molar-refractivity contribution in [1.29, 1.82) is 0 Å². The van der Waals surface area contributed by atoms with Crippen LogP contribution in [0.2, 0.25) is 0 Å². The van der Waals surface area contributed by atoms with Gasteiger partial charge in [-0.15, -0.1) is 11.8 Å². The fourth-order valence-electron chi connectivity index (χ4n) is 3.77. The summed E-state index contributed by atoms with van der Waals surface area (Å²) in [6.45, 7) is 2.74. The molecule has 0 heterocycles. The number of nitrogens with one attached hydrogen (secondary N) is 3. The van der Waals surface area contributed by atoms with E-state index in [1.807, 2.05) is 12.1 Å². The summed E-state index contributed by atoms with van der Waals surface area (Å²) in [4.78, 5) is 24.6. The van der Waals surface area contributed by atoms with E-state index >= 15 is 0 Å². The normalized spacial score (nSPS) is 10.7. The van der Waals surface area contributed by atoms with Crippen LogP contribution in [-0.4, -0.2) is 29.3 Å². The molecule has 0 aromatic heterocycles. The molecule has 6 nitrogen and oxygen atoms in total. The van der Waals surface area contributed by atoms with Gasteiger partial charge < -0.3 is 10.4 Å². The van der Waals surface area contributed by atoms with E-state index in [9.17, 15) is 14.7 Å². The minimum Gasteiger partial charge on any atom is -0.508 e. The van der Waals surface area contributed by atoms with Crippen LogP contribution in [0, 0.1) is 0 Å². The highest BCUT2D eigenvalue weighted by atomic mass is 32.2. The van der Waals surface area contributed by atoms with Crippen LogP contribution >= 0.6 is 11.8 Å². The van der Waals surface area contributed by atoms with Gasteiger partial charge in [0.2, 0.25) is 5.91 Å². The molecule has 0 aliphatic rings. The third-order valence-corrected chi connectivity index (χ3v) is 6.83. The van der Waals surface area contributed by atoms with E-state index in [0.717, 1.165) is 17.7 Å². The minimum atomic E-state index is -0.406. The Morgan fingerprint density at radius 3 is 1.76 bits per heavy atom. The maximum absolute atomic E-state index is 11.8. The van der Waals surface area contributed by atoms with Crippen LogP contribution in [-0.2, 0) is 4.79 Å². The van der Waals surface area contributed by atoms with Gasteiger partial charge in [0.1, 0.15) is 5.75 Å². The number of hydrogen-bond acceptors (Lipinski definition) is 4. The van der Waals surface area contributed by atoms with Crippen molar-refractivity contribution in [2.45, 2.75) is 115 Å². The SMILES string of the molecule is CCCCCCCCCCCCCCCCCC(=O)NNC(=O)NCCSc1ccc(O)cc1. The topological polar surface area (TPSA) is 90.5 Å². The molecule has 0 aliphatic heterocycles. The van der Waals surface area contributed by atoms with Crippen molar-refractivity contribution in [1.82, 2.24) is 16.2 Å². The van der Waals surface area contributed by atoms with Crippen molar-refractivity contribution >= 4 is 23.7 Å². The van der Waals surface area contributed by atoms with E-state index in [-0.39, 0.29) is 11.7 Å². The molecule has 1 aromatic rings. The van der Waals surface area contributed by atoms with Crippen molar-refractivity contribution in [3.8, 4) is 5.75 Å². The number of aromatic hydroxyl groups is 1. The van der Waals surface area contributed by atoms with Gasteiger partial charge in [-0.2, -0.15) is 0 Å². The van der Waals surface area contributed by atoms with E-state index < -0.39 is 6.03 Å². The molecule has 194 valence electrons.